The summed E-state index contributed by atoms with van der Waals surface area (Å²) in [5, 5.41) is 3.05. The molecule has 0 saturated heterocycles. The van der Waals surface area contributed by atoms with Crippen molar-refractivity contribution in [3.05, 3.63) is 70.5 Å². The lowest BCUT2D eigenvalue weighted by Gasteiger charge is -2.10. The van der Waals surface area contributed by atoms with Crippen molar-refractivity contribution in [1.82, 2.24) is 5.32 Å². The summed E-state index contributed by atoms with van der Waals surface area (Å²) in [6.07, 6.45) is -4.33. The maximum atomic E-state index is 13.1. The Balaban J connectivity index is 1.96. The molecule has 2 aromatic rings. The zero-order valence-electron chi connectivity index (χ0n) is 11.5. The van der Waals surface area contributed by atoms with E-state index in [1.54, 1.807) is 25.1 Å². The average molecular weight is 297 g/mol. The first kappa shape index (κ1) is 15.5. The summed E-state index contributed by atoms with van der Waals surface area (Å²) in [5.74, 6) is -0.267. The molecule has 1 N–H and O–H groups in total. The fraction of sp³-hybridized carbons (Fsp3) is 0.250. The molecule has 0 fully saturated rings. The van der Waals surface area contributed by atoms with Crippen LogP contribution in [0.1, 0.15) is 22.3 Å². The van der Waals surface area contributed by atoms with Crippen molar-refractivity contribution in [3.8, 4) is 0 Å². The third-order valence-electron chi connectivity index (χ3n) is 3.13. The van der Waals surface area contributed by atoms with Gasteiger partial charge < -0.3 is 5.32 Å². The fourth-order valence-corrected chi connectivity index (χ4v) is 2.03. The maximum absolute atomic E-state index is 13.1. The molecule has 1 nitrogen and oxygen atoms in total. The molecule has 0 amide bonds. The molecule has 0 atom stereocenters. The minimum Gasteiger partial charge on any atom is -0.309 e. The number of hydrogen-bond acceptors (Lipinski definition) is 1. The minimum atomic E-state index is -4.33. The van der Waals surface area contributed by atoms with Gasteiger partial charge in [-0.25, -0.2) is 4.39 Å². The predicted molar refractivity (Wildman–Crippen MR) is 73.1 cm³/mol. The molecule has 0 heterocycles. The Kier molecular flexibility index (Phi) is 4.63. The van der Waals surface area contributed by atoms with Gasteiger partial charge in [0.1, 0.15) is 5.82 Å². The van der Waals surface area contributed by atoms with Crippen molar-refractivity contribution in [3.63, 3.8) is 0 Å². The Hall–Kier alpha value is -1.88. The van der Waals surface area contributed by atoms with E-state index < -0.39 is 11.7 Å². The van der Waals surface area contributed by atoms with E-state index in [2.05, 4.69) is 5.32 Å². The van der Waals surface area contributed by atoms with Crippen LogP contribution in [-0.2, 0) is 19.3 Å². The van der Waals surface area contributed by atoms with E-state index in [0.717, 1.165) is 17.7 Å². The molecule has 112 valence electrons. The van der Waals surface area contributed by atoms with Gasteiger partial charge in [0.05, 0.1) is 5.56 Å². The topological polar surface area (TPSA) is 12.0 Å². The van der Waals surface area contributed by atoms with Crippen molar-refractivity contribution in [2.45, 2.75) is 26.2 Å². The molecular weight excluding hydrogens is 282 g/mol. The molecule has 0 bridgehead atoms. The number of rotatable bonds is 4. The SMILES string of the molecule is Cc1cc(CNCc2cccc(C(F)(F)F)c2)ccc1F. The highest BCUT2D eigenvalue weighted by atomic mass is 19.4. The number of hydrogen-bond donors (Lipinski definition) is 1. The lowest BCUT2D eigenvalue weighted by molar-refractivity contribution is -0.137. The zero-order valence-corrected chi connectivity index (χ0v) is 11.5. The van der Waals surface area contributed by atoms with Crippen LogP contribution in [0.5, 0.6) is 0 Å². The molecule has 0 radical (unpaired) electrons. The number of benzene rings is 2. The van der Waals surface area contributed by atoms with Crippen LogP contribution in [-0.4, -0.2) is 0 Å². The van der Waals surface area contributed by atoms with E-state index in [4.69, 9.17) is 0 Å². The van der Waals surface area contributed by atoms with Crippen molar-refractivity contribution in [2.75, 3.05) is 0 Å². The predicted octanol–water partition coefficient (Wildman–Crippen LogP) is 4.44. The van der Waals surface area contributed by atoms with Gasteiger partial charge in [0.2, 0.25) is 0 Å². The van der Waals surface area contributed by atoms with Gasteiger partial charge in [0, 0.05) is 13.1 Å². The maximum Gasteiger partial charge on any atom is 0.416 e. The Morgan fingerprint density at radius 1 is 0.952 bits per heavy atom. The third-order valence-corrected chi connectivity index (χ3v) is 3.13. The Morgan fingerprint density at radius 2 is 1.62 bits per heavy atom. The van der Waals surface area contributed by atoms with Crippen LogP contribution >= 0.6 is 0 Å². The van der Waals surface area contributed by atoms with Crippen LogP contribution in [0.3, 0.4) is 0 Å². The first-order chi connectivity index (χ1) is 9.86. The van der Waals surface area contributed by atoms with Gasteiger partial charge in [0.15, 0.2) is 0 Å². The van der Waals surface area contributed by atoms with E-state index in [1.807, 2.05) is 0 Å². The summed E-state index contributed by atoms with van der Waals surface area (Å²) in [7, 11) is 0. The Morgan fingerprint density at radius 3 is 2.24 bits per heavy atom. The monoisotopic (exact) mass is 297 g/mol. The van der Waals surface area contributed by atoms with Gasteiger partial charge in [-0.15, -0.1) is 0 Å². The highest BCUT2D eigenvalue weighted by Gasteiger charge is 2.30. The van der Waals surface area contributed by atoms with Gasteiger partial charge in [-0.3, -0.25) is 0 Å². The zero-order chi connectivity index (χ0) is 15.5. The second kappa shape index (κ2) is 6.26. The molecule has 0 aromatic heterocycles. The van der Waals surface area contributed by atoms with E-state index in [-0.39, 0.29) is 5.82 Å². The molecular formula is C16H15F4N. The fourth-order valence-electron chi connectivity index (χ4n) is 2.03. The minimum absolute atomic E-state index is 0.267. The number of alkyl halides is 3. The highest BCUT2D eigenvalue weighted by Crippen LogP contribution is 2.29. The van der Waals surface area contributed by atoms with Crippen LogP contribution in [0, 0.1) is 12.7 Å². The summed E-state index contributed by atoms with van der Waals surface area (Å²) in [6.45, 7) is 2.46. The lowest BCUT2D eigenvalue weighted by atomic mass is 10.1. The van der Waals surface area contributed by atoms with Crippen molar-refractivity contribution in [1.29, 1.82) is 0 Å². The molecule has 2 rings (SSSR count). The number of nitrogens with one attached hydrogen (secondary N) is 1. The quantitative estimate of drug-likeness (QED) is 0.823. The summed E-state index contributed by atoms with van der Waals surface area (Å²) < 4.78 is 50.9. The van der Waals surface area contributed by atoms with E-state index in [9.17, 15) is 17.6 Å². The number of halogens is 4. The smallest absolute Gasteiger partial charge is 0.309 e. The van der Waals surface area contributed by atoms with E-state index in [0.29, 0.717) is 24.2 Å². The van der Waals surface area contributed by atoms with Crippen molar-refractivity contribution < 1.29 is 17.6 Å². The van der Waals surface area contributed by atoms with E-state index in [1.165, 1.54) is 12.1 Å². The van der Waals surface area contributed by atoms with Crippen LogP contribution in [0.15, 0.2) is 42.5 Å². The summed E-state index contributed by atoms with van der Waals surface area (Å²) in [6, 6.07) is 9.96. The standard InChI is InChI=1S/C16H15F4N/c1-11-7-13(5-6-15(11)17)10-21-9-12-3-2-4-14(8-12)16(18,19)20/h2-8,21H,9-10H2,1H3. The normalized spacial score (nSPS) is 11.7. The van der Waals surface area contributed by atoms with Crippen LogP contribution in [0.2, 0.25) is 0 Å². The van der Waals surface area contributed by atoms with E-state index >= 15 is 0 Å². The van der Waals surface area contributed by atoms with Gasteiger partial charge in [-0.1, -0.05) is 30.3 Å². The van der Waals surface area contributed by atoms with Gasteiger partial charge >= 0.3 is 6.18 Å². The molecule has 21 heavy (non-hydrogen) atoms. The molecule has 0 spiro atoms. The summed E-state index contributed by atoms with van der Waals surface area (Å²) >= 11 is 0. The lowest BCUT2D eigenvalue weighted by Crippen LogP contribution is -2.14. The van der Waals surface area contributed by atoms with Crippen LogP contribution in [0.4, 0.5) is 17.6 Å². The summed E-state index contributed by atoms with van der Waals surface area (Å²) in [4.78, 5) is 0. The van der Waals surface area contributed by atoms with Crippen LogP contribution < -0.4 is 5.32 Å². The average Bonchev–Trinajstić information content (AvgIpc) is 2.42. The Bertz CT molecular complexity index is 620. The largest absolute Gasteiger partial charge is 0.416 e. The van der Waals surface area contributed by atoms with Gasteiger partial charge in [-0.05, 0) is 35.7 Å². The van der Waals surface area contributed by atoms with Gasteiger partial charge in [-0.2, -0.15) is 13.2 Å². The second-order valence-electron chi connectivity index (χ2n) is 4.89. The molecule has 0 saturated carbocycles. The molecule has 5 heteroatoms. The van der Waals surface area contributed by atoms with Crippen LogP contribution in [0.25, 0.3) is 0 Å². The second-order valence-corrected chi connectivity index (χ2v) is 4.89. The first-order valence-corrected chi connectivity index (χ1v) is 6.48. The highest BCUT2D eigenvalue weighted by molar-refractivity contribution is 5.26. The molecule has 0 aliphatic rings. The summed E-state index contributed by atoms with van der Waals surface area (Å²) in [5.41, 5.74) is 1.34. The van der Waals surface area contributed by atoms with Crippen molar-refractivity contribution in [2.24, 2.45) is 0 Å². The third kappa shape index (κ3) is 4.29. The van der Waals surface area contributed by atoms with Crippen molar-refractivity contribution >= 4 is 0 Å². The molecule has 2 aromatic carbocycles. The van der Waals surface area contributed by atoms with Gasteiger partial charge in [0.25, 0.3) is 0 Å². The number of aryl methyl sites for hydroxylation is 1. The molecule has 0 aliphatic carbocycles. The molecule has 0 unspecified atom stereocenters. The first-order valence-electron chi connectivity index (χ1n) is 6.48. The molecule has 0 aliphatic heterocycles. The Labute approximate surface area is 120 Å².